The number of carbonyl (C=O) groups is 2. The zero-order valence-corrected chi connectivity index (χ0v) is 6.70. The molecule has 0 spiro atoms. The number of Topliss-reactive ketones (excluding diaryl/α,β-unsaturated/α-hetero) is 1. The third-order valence-electron chi connectivity index (χ3n) is 1.55. The first kappa shape index (κ1) is 10.1. The summed E-state index contributed by atoms with van der Waals surface area (Å²) in [6.07, 6.45) is 0.213. The van der Waals surface area contributed by atoms with Crippen LogP contribution < -0.4 is 5.73 Å². The number of hydrogen-bond donors (Lipinski definition) is 2. The van der Waals surface area contributed by atoms with Crippen LogP contribution in [0.5, 0.6) is 0 Å². The topological polar surface area (TPSA) is 80.4 Å². The average Bonchev–Trinajstić information content (AvgIpc) is 1.87. The number of carboxylic acids is 1. The maximum absolute atomic E-state index is 10.6. The molecule has 11 heavy (non-hydrogen) atoms. The van der Waals surface area contributed by atoms with Gasteiger partial charge in [0.25, 0.3) is 0 Å². The standard InChI is InChI=1S/C7H13NO3/c1-4(7(10)11)3-6(8)5(2)9/h4,6H,3,8H2,1-2H3,(H,10,11). The van der Waals surface area contributed by atoms with Crippen molar-refractivity contribution in [1.29, 1.82) is 0 Å². The molecule has 0 fully saturated rings. The van der Waals surface area contributed by atoms with Gasteiger partial charge in [0.15, 0.2) is 0 Å². The third kappa shape index (κ3) is 3.72. The summed E-state index contributed by atoms with van der Waals surface area (Å²) >= 11 is 0. The molecule has 0 aromatic heterocycles. The Morgan fingerprint density at radius 2 is 2.00 bits per heavy atom. The summed E-state index contributed by atoms with van der Waals surface area (Å²) in [4.78, 5) is 20.9. The van der Waals surface area contributed by atoms with Gasteiger partial charge in [-0.3, -0.25) is 9.59 Å². The first-order valence-corrected chi connectivity index (χ1v) is 3.44. The van der Waals surface area contributed by atoms with Crippen LogP contribution in [0.1, 0.15) is 20.3 Å². The predicted octanol–water partition coefficient (Wildman–Crippen LogP) is 0.0135. The summed E-state index contributed by atoms with van der Waals surface area (Å²) in [5, 5.41) is 8.45. The van der Waals surface area contributed by atoms with Crippen molar-refractivity contribution in [2.24, 2.45) is 11.7 Å². The summed E-state index contributed by atoms with van der Waals surface area (Å²) in [5.74, 6) is -1.63. The van der Waals surface area contributed by atoms with Gasteiger partial charge in [-0.05, 0) is 13.3 Å². The summed E-state index contributed by atoms with van der Waals surface area (Å²) in [6.45, 7) is 2.89. The molecule has 64 valence electrons. The lowest BCUT2D eigenvalue weighted by molar-refractivity contribution is -0.141. The van der Waals surface area contributed by atoms with Gasteiger partial charge in [-0.1, -0.05) is 6.92 Å². The Balaban J connectivity index is 3.84. The Morgan fingerprint density at radius 1 is 1.55 bits per heavy atom. The second kappa shape index (κ2) is 4.08. The molecule has 0 saturated heterocycles. The van der Waals surface area contributed by atoms with E-state index in [-0.39, 0.29) is 12.2 Å². The number of nitrogens with two attached hydrogens (primary N) is 1. The second-order valence-electron chi connectivity index (χ2n) is 2.69. The third-order valence-corrected chi connectivity index (χ3v) is 1.55. The molecular weight excluding hydrogens is 146 g/mol. The smallest absolute Gasteiger partial charge is 0.306 e. The van der Waals surface area contributed by atoms with E-state index in [9.17, 15) is 9.59 Å². The van der Waals surface area contributed by atoms with E-state index in [0.717, 1.165) is 0 Å². The predicted molar refractivity (Wildman–Crippen MR) is 40.1 cm³/mol. The summed E-state index contributed by atoms with van der Waals surface area (Å²) < 4.78 is 0. The van der Waals surface area contributed by atoms with E-state index in [2.05, 4.69) is 0 Å². The average molecular weight is 159 g/mol. The number of rotatable bonds is 4. The molecule has 3 N–H and O–H groups in total. The molecule has 0 bridgehead atoms. The summed E-state index contributed by atoms with van der Waals surface area (Å²) in [6, 6.07) is -0.638. The Kier molecular flexibility index (Phi) is 3.74. The lowest BCUT2D eigenvalue weighted by Crippen LogP contribution is -2.32. The van der Waals surface area contributed by atoms with Crippen molar-refractivity contribution in [2.45, 2.75) is 26.3 Å². The largest absolute Gasteiger partial charge is 0.481 e. The minimum Gasteiger partial charge on any atom is -0.481 e. The highest BCUT2D eigenvalue weighted by Crippen LogP contribution is 2.04. The highest BCUT2D eigenvalue weighted by atomic mass is 16.4. The lowest BCUT2D eigenvalue weighted by Gasteiger charge is -2.10. The fourth-order valence-electron chi connectivity index (χ4n) is 0.648. The van der Waals surface area contributed by atoms with E-state index in [4.69, 9.17) is 10.8 Å². The zero-order valence-electron chi connectivity index (χ0n) is 6.70. The monoisotopic (exact) mass is 159 g/mol. The fraction of sp³-hybridized carbons (Fsp3) is 0.714. The van der Waals surface area contributed by atoms with Gasteiger partial charge < -0.3 is 10.8 Å². The molecule has 0 saturated carbocycles. The van der Waals surface area contributed by atoms with Crippen LogP contribution in [0.3, 0.4) is 0 Å². The van der Waals surface area contributed by atoms with Crippen molar-refractivity contribution in [3.8, 4) is 0 Å². The van der Waals surface area contributed by atoms with Gasteiger partial charge in [0.05, 0.1) is 12.0 Å². The molecule has 0 heterocycles. The second-order valence-corrected chi connectivity index (χ2v) is 2.69. The SMILES string of the molecule is CC(=O)C(N)CC(C)C(=O)O. The van der Waals surface area contributed by atoms with Gasteiger partial charge in [-0.2, -0.15) is 0 Å². The molecule has 2 unspecified atom stereocenters. The highest BCUT2D eigenvalue weighted by Gasteiger charge is 2.17. The van der Waals surface area contributed by atoms with Crippen molar-refractivity contribution in [1.82, 2.24) is 0 Å². The van der Waals surface area contributed by atoms with E-state index in [1.54, 1.807) is 0 Å². The molecule has 4 heteroatoms. The number of aliphatic carboxylic acids is 1. The number of hydrogen-bond acceptors (Lipinski definition) is 3. The normalized spacial score (nSPS) is 15.5. The Labute approximate surface area is 65.4 Å². The molecule has 4 nitrogen and oxygen atoms in total. The van der Waals surface area contributed by atoms with Crippen molar-refractivity contribution >= 4 is 11.8 Å². The molecule has 0 rings (SSSR count). The zero-order chi connectivity index (χ0) is 9.02. The molecule has 0 radical (unpaired) electrons. The van der Waals surface area contributed by atoms with Crippen LogP contribution in [-0.2, 0) is 9.59 Å². The van der Waals surface area contributed by atoms with Crippen LogP contribution in [0.4, 0.5) is 0 Å². The van der Waals surface area contributed by atoms with Gasteiger partial charge in [0, 0.05) is 0 Å². The molecule has 0 aromatic rings. The first-order valence-electron chi connectivity index (χ1n) is 3.44. The fourth-order valence-corrected chi connectivity index (χ4v) is 0.648. The van der Waals surface area contributed by atoms with E-state index in [0.29, 0.717) is 0 Å². The maximum atomic E-state index is 10.6. The van der Waals surface area contributed by atoms with Crippen LogP contribution in [0.15, 0.2) is 0 Å². The van der Waals surface area contributed by atoms with Crippen LogP contribution in [-0.4, -0.2) is 22.9 Å². The molecular formula is C7H13NO3. The highest BCUT2D eigenvalue weighted by molar-refractivity contribution is 5.82. The van der Waals surface area contributed by atoms with Gasteiger partial charge in [-0.15, -0.1) is 0 Å². The minimum atomic E-state index is -0.915. The van der Waals surface area contributed by atoms with Crippen molar-refractivity contribution in [3.05, 3.63) is 0 Å². The van der Waals surface area contributed by atoms with Gasteiger partial charge in [0.1, 0.15) is 5.78 Å². The van der Waals surface area contributed by atoms with Crippen molar-refractivity contribution < 1.29 is 14.7 Å². The minimum absolute atomic E-state index is 0.168. The van der Waals surface area contributed by atoms with Crippen molar-refractivity contribution in [2.75, 3.05) is 0 Å². The Bertz CT molecular complexity index is 149. The summed E-state index contributed by atoms with van der Waals surface area (Å²) in [7, 11) is 0. The van der Waals surface area contributed by atoms with Gasteiger partial charge >= 0.3 is 5.97 Å². The molecule has 0 amide bonds. The van der Waals surface area contributed by atoms with E-state index in [1.165, 1.54) is 13.8 Å². The maximum Gasteiger partial charge on any atom is 0.306 e. The number of ketones is 1. The molecule has 2 atom stereocenters. The molecule has 0 aromatic carbocycles. The summed E-state index contributed by atoms with van der Waals surface area (Å²) in [5.41, 5.74) is 5.34. The van der Waals surface area contributed by atoms with E-state index >= 15 is 0 Å². The first-order chi connectivity index (χ1) is 4.95. The van der Waals surface area contributed by atoms with Crippen molar-refractivity contribution in [3.63, 3.8) is 0 Å². The van der Waals surface area contributed by atoms with Crippen LogP contribution >= 0.6 is 0 Å². The van der Waals surface area contributed by atoms with E-state index < -0.39 is 17.9 Å². The molecule has 0 aliphatic rings. The molecule has 0 aliphatic carbocycles. The van der Waals surface area contributed by atoms with Gasteiger partial charge in [0.2, 0.25) is 0 Å². The van der Waals surface area contributed by atoms with Crippen LogP contribution in [0, 0.1) is 5.92 Å². The number of carbonyl (C=O) groups excluding carboxylic acids is 1. The Hall–Kier alpha value is -0.900. The number of carboxylic acid groups (broad SMARTS) is 1. The quantitative estimate of drug-likeness (QED) is 0.605. The van der Waals surface area contributed by atoms with E-state index in [1.807, 2.05) is 0 Å². The molecule has 0 aliphatic heterocycles. The van der Waals surface area contributed by atoms with Gasteiger partial charge in [-0.25, -0.2) is 0 Å². The Morgan fingerprint density at radius 3 is 2.27 bits per heavy atom. The van der Waals surface area contributed by atoms with Crippen LogP contribution in [0.2, 0.25) is 0 Å². The lowest BCUT2D eigenvalue weighted by atomic mass is 10.0. The van der Waals surface area contributed by atoms with Crippen LogP contribution in [0.25, 0.3) is 0 Å².